The van der Waals surface area contributed by atoms with Crippen LogP contribution in [0.25, 0.3) is 0 Å². The van der Waals surface area contributed by atoms with Crippen molar-refractivity contribution in [3.05, 3.63) is 65.0 Å². The molecule has 0 atom stereocenters. The normalized spacial score (nSPS) is 14.2. The summed E-state index contributed by atoms with van der Waals surface area (Å²) >= 11 is 0. The second-order valence-corrected chi connectivity index (χ2v) is 5.73. The Balaban J connectivity index is 1.63. The molecule has 3 heteroatoms. The van der Waals surface area contributed by atoms with E-state index < -0.39 is 0 Å². The van der Waals surface area contributed by atoms with Crippen molar-refractivity contribution in [2.24, 2.45) is 0 Å². The monoisotopic (exact) mass is 285 g/mol. The Bertz CT molecular complexity index is 622. The lowest BCUT2D eigenvalue weighted by Gasteiger charge is -2.10. The third-order valence-corrected chi connectivity index (χ3v) is 3.59. The Morgan fingerprint density at radius 3 is 2.76 bits per heavy atom. The van der Waals surface area contributed by atoms with E-state index >= 15 is 0 Å². The third-order valence-electron chi connectivity index (χ3n) is 3.59. The number of nitrogens with one attached hydrogen (secondary N) is 1. The van der Waals surface area contributed by atoms with Gasteiger partial charge in [0.15, 0.2) is 0 Å². The Morgan fingerprint density at radius 1 is 1.14 bits per heavy atom. The number of rotatable bonds is 6. The largest absolute Gasteiger partial charge is 0.489 e. The minimum atomic E-state index is -0.246. The van der Waals surface area contributed by atoms with Gasteiger partial charge in [0.25, 0.3) is 0 Å². The topological polar surface area (TPSA) is 21.3 Å². The smallest absolute Gasteiger partial charge is 0.127 e. The SMILES string of the molecule is Cc1cccc(COc2cc(F)cc(CNC3CC3)c2)c1. The number of hydrogen-bond donors (Lipinski definition) is 1. The predicted octanol–water partition coefficient (Wildman–Crippen LogP) is 3.97. The Kier molecular flexibility index (Phi) is 4.20. The van der Waals surface area contributed by atoms with Crippen molar-refractivity contribution in [1.82, 2.24) is 5.32 Å². The Morgan fingerprint density at radius 2 is 2.00 bits per heavy atom. The van der Waals surface area contributed by atoms with Gasteiger partial charge in [-0.15, -0.1) is 0 Å². The predicted molar refractivity (Wildman–Crippen MR) is 81.8 cm³/mol. The van der Waals surface area contributed by atoms with Gasteiger partial charge in [-0.2, -0.15) is 0 Å². The lowest BCUT2D eigenvalue weighted by atomic mass is 10.1. The average molecular weight is 285 g/mol. The van der Waals surface area contributed by atoms with Crippen LogP contribution in [0, 0.1) is 12.7 Å². The molecule has 2 nitrogen and oxygen atoms in total. The molecule has 0 heterocycles. The summed E-state index contributed by atoms with van der Waals surface area (Å²) in [7, 11) is 0. The molecule has 1 fully saturated rings. The minimum Gasteiger partial charge on any atom is -0.489 e. The number of aryl methyl sites for hydroxylation is 1. The molecule has 110 valence electrons. The second-order valence-electron chi connectivity index (χ2n) is 5.73. The van der Waals surface area contributed by atoms with Gasteiger partial charge >= 0.3 is 0 Å². The van der Waals surface area contributed by atoms with Crippen LogP contribution in [0.5, 0.6) is 5.75 Å². The first-order valence-corrected chi connectivity index (χ1v) is 7.40. The summed E-state index contributed by atoms with van der Waals surface area (Å²) in [6, 6.07) is 13.7. The fourth-order valence-electron chi connectivity index (χ4n) is 2.32. The number of halogens is 1. The molecule has 1 N–H and O–H groups in total. The van der Waals surface area contributed by atoms with E-state index in [0.717, 1.165) is 11.1 Å². The van der Waals surface area contributed by atoms with Gasteiger partial charge in [0.1, 0.15) is 18.2 Å². The van der Waals surface area contributed by atoms with Crippen molar-refractivity contribution in [2.45, 2.75) is 39.0 Å². The fraction of sp³-hybridized carbons (Fsp3) is 0.333. The van der Waals surface area contributed by atoms with Crippen molar-refractivity contribution in [3.8, 4) is 5.75 Å². The van der Waals surface area contributed by atoms with Crippen molar-refractivity contribution in [3.63, 3.8) is 0 Å². The van der Waals surface area contributed by atoms with Gasteiger partial charge in [-0.1, -0.05) is 29.8 Å². The molecule has 3 rings (SSSR count). The van der Waals surface area contributed by atoms with E-state index in [2.05, 4.69) is 11.4 Å². The van der Waals surface area contributed by atoms with Crippen LogP contribution < -0.4 is 10.1 Å². The summed E-state index contributed by atoms with van der Waals surface area (Å²) in [5.74, 6) is 0.341. The van der Waals surface area contributed by atoms with Crippen LogP contribution in [0.3, 0.4) is 0 Å². The summed E-state index contributed by atoms with van der Waals surface area (Å²) in [6.45, 7) is 3.21. The number of ether oxygens (including phenoxy) is 1. The van der Waals surface area contributed by atoms with Gasteiger partial charge < -0.3 is 10.1 Å². The molecule has 0 unspecified atom stereocenters. The molecule has 0 spiro atoms. The van der Waals surface area contributed by atoms with E-state index in [1.165, 1.54) is 24.5 Å². The van der Waals surface area contributed by atoms with Gasteiger partial charge in [-0.05, 0) is 43.0 Å². The zero-order valence-corrected chi connectivity index (χ0v) is 12.2. The van der Waals surface area contributed by atoms with E-state index in [1.807, 2.05) is 31.2 Å². The Hall–Kier alpha value is -1.87. The van der Waals surface area contributed by atoms with Crippen molar-refractivity contribution < 1.29 is 9.13 Å². The molecular formula is C18H20FNO. The number of hydrogen-bond acceptors (Lipinski definition) is 2. The minimum absolute atomic E-state index is 0.246. The highest BCUT2D eigenvalue weighted by molar-refractivity contribution is 5.30. The van der Waals surface area contributed by atoms with Crippen LogP contribution in [-0.2, 0) is 13.2 Å². The molecular weight excluding hydrogens is 265 g/mol. The highest BCUT2D eigenvalue weighted by Crippen LogP contribution is 2.21. The molecule has 0 aromatic heterocycles. The molecule has 0 amide bonds. The summed E-state index contributed by atoms with van der Waals surface area (Å²) in [6.07, 6.45) is 2.46. The molecule has 1 saturated carbocycles. The molecule has 0 bridgehead atoms. The van der Waals surface area contributed by atoms with Crippen molar-refractivity contribution in [2.75, 3.05) is 0 Å². The summed E-state index contributed by atoms with van der Waals surface area (Å²) in [5.41, 5.74) is 3.22. The van der Waals surface area contributed by atoms with Gasteiger partial charge in [0, 0.05) is 18.7 Å². The average Bonchev–Trinajstić information content (AvgIpc) is 3.27. The van der Waals surface area contributed by atoms with E-state index in [4.69, 9.17) is 4.74 Å². The van der Waals surface area contributed by atoms with E-state index in [-0.39, 0.29) is 5.82 Å². The van der Waals surface area contributed by atoms with Crippen LogP contribution in [0.1, 0.15) is 29.5 Å². The number of benzene rings is 2. The molecule has 0 radical (unpaired) electrons. The van der Waals surface area contributed by atoms with E-state index in [9.17, 15) is 4.39 Å². The highest BCUT2D eigenvalue weighted by atomic mass is 19.1. The quantitative estimate of drug-likeness (QED) is 0.867. The molecule has 2 aromatic rings. The van der Waals surface area contributed by atoms with E-state index in [1.54, 1.807) is 6.07 Å². The maximum atomic E-state index is 13.6. The van der Waals surface area contributed by atoms with Crippen LogP contribution in [-0.4, -0.2) is 6.04 Å². The van der Waals surface area contributed by atoms with Gasteiger partial charge in [0.2, 0.25) is 0 Å². The first-order valence-electron chi connectivity index (χ1n) is 7.40. The first kappa shape index (κ1) is 14.1. The maximum absolute atomic E-state index is 13.6. The van der Waals surface area contributed by atoms with Crippen molar-refractivity contribution in [1.29, 1.82) is 0 Å². The van der Waals surface area contributed by atoms with E-state index in [0.29, 0.717) is 24.9 Å². The van der Waals surface area contributed by atoms with Crippen LogP contribution in [0.2, 0.25) is 0 Å². The lowest BCUT2D eigenvalue weighted by Crippen LogP contribution is -2.15. The lowest BCUT2D eigenvalue weighted by molar-refractivity contribution is 0.304. The van der Waals surface area contributed by atoms with Crippen LogP contribution >= 0.6 is 0 Å². The Labute approximate surface area is 125 Å². The van der Waals surface area contributed by atoms with Gasteiger partial charge in [-0.3, -0.25) is 0 Å². The highest BCUT2D eigenvalue weighted by Gasteiger charge is 2.20. The van der Waals surface area contributed by atoms with Crippen LogP contribution in [0.15, 0.2) is 42.5 Å². The third kappa shape index (κ3) is 4.30. The second kappa shape index (κ2) is 6.27. The molecule has 2 aromatic carbocycles. The molecule has 0 saturated heterocycles. The van der Waals surface area contributed by atoms with Crippen LogP contribution in [0.4, 0.5) is 4.39 Å². The van der Waals surface area contributed by atoms with Gasteiger partial charge in [-0.25, -0.2) is 4.39 Å². The summed E-state index contributed by atoms with van der Waals surface area (Å²) < 4.78 is 19.4. The zero-order chi connectivity index (χ0) is 14.7. The van der Waals surface area contributed by atoms with Crippen molar-refractivity contribution >= 4 is 0 Å². The molecule has 21 heavy (non-hydrogen) atoms. The first-order chi connectivity index (χ1) is 10.2. The van der Waals surface area contributed by atoms with Gasteiger partial charge in [0.05, 0.1) is 0 Å². The summed E-state index contributed by atoms with van der Waals surface area (Å²) in [4.78, 5) is 0. The molecule has 1 aliphatic rings. The fourth-order valence-corrected chi connectivity index (χ4v) is 2.32. The standard InChI is InChI=1S/C18H20FNO/c1-13-3-2-4-14(7-13)12-21-18-9-15(8-16(19)10-18)11-20-17-5-6-17/h2-4,7-10,17,20H,5-6,11-12H2,1H3. The molecule has 0 aliphatic heterocycles. The zero-order valence-electron chi connectivity index (χ0n) is 12.2. The maximum Gasteiger partial charge on any atom is 0.127 e. The summed E-state index contributed by atoms with van der Waals surface area (Å²) in [5, 5.41) is 3.39. The molecule has 1 aliphatic carbocycles.